The number of benzene rings is 1. The number of carbonyl (C=O) groups is 2. The zero-order chi connectivity index (χ0) is 20.8. The van der Waals surface area contributed by atoms with E-state index in [0.29, 0.717) is 17.8 Å². The third kappa shape index (κ3) is 4.17. The SMILES string of the molecule is CC(Oc1ccc([N+](=O)[O-])cc1Cl)C(=O)NC(=O)NC12CC3CC(CC(C3)C1)C2. The lowest BCUT2D eigenvalue weighted by Crippen LogP contribution is -2.62. The van der Waals surface area contributed by atoms with E-state index in [2.05, 4.69) is 10.6 Å². The predicted molar refractivity (Wildman–Crippen MR) is 106 cm³/mol. The average molecular weight is 422 g/mol. The second kappa shape index (κ2) is 7.48. The fourth-order valence-corrected chi connectivity index (χ4v) is 5.91. The Morgan fingerprint density at radius 3 is 2.31 bits per heavy atom. The lowest BCUT2D eigenvalue weighted by molar-refractivity contribution is -0.384. The van der Waals surface area contributed by atoms with Crippen molar-refractivity contribution in [2.45, 2.75) is 57.1 Å². The van der Waals surface area contributed by atoms with Crippen molar-refractivity contribution in [2.75, 3.05) is 0 Å². The first-order valence-electron chi connectivity index (χ1n) is 9.96. The number of amides is 3. The smallest absolute Gasteiger partial charge is 0.321 e. The Morgan fingerprint density at radius 2 is 1.79 bits per heavy atom. The minimum absolute atomic E-state index is 0.0249. The number of ether oxygens (including phenoxy) is 1. The minimum atomic E-state index is -0.990. The maximum Gasteiger partial charge on any atom is 0.321 e. The van der Waals surface area contributed by atoms with Gasteiger partial charge < -0.3 is 10.1 Å². The highest BCUT2D eigenvalue weighted by atomic mass is 35.5. The summed E-state index contributed by atoms with van der Waals surface area (Å²) in [5, 5.41) is 16.2. The molecule has 0 radical (unpaired) electrons. The molecule has 4 fully saturated rings. The molecular weight excluding hydrogens is 398 g/mol. The Labute approximate surface area is 173 Å². The molecule has 4 saturated carbocycles. The van der Waals surface area contributed by atoms with E-state index in [-0.39, 0.29) is 22.0 Å². The Bertz CT molecular complexity index is 823. The average Bonchev–Trinajstić information content (AvgIpc) is 2.61. The topological polar surface area (TPSA) is 111 Å². The molecule has 4 aliphatic rings. The minimum Gasteiger partial charge on any atom is -0.479 e. The van der Waals surface area contributed by atoms with Gasteiger partial charge in [-0.1, -0.05) is 11.6 Å². The van der Waals surface area contributed by atoms with Gasteiger partial charge in [-0.2, -0.15) is 0 Å². The fraction of sp³-hybridized carbons (Fsp3) is 0.600. The van der Waals surface area contributed by atoms with Crippen molar-refractivity contribution in [3.8, 4) is 5.75 Å². The Morgan fingerprint density at radius 1 is 1.21 bits per heavy atom. The van der Waals surface area contributed by atoms with Crippen LogP contribution in [0.4, 0.5) is 10.5 Å². The number of nitrogens with one attached hydrogen (secondary N) is 2. The number of imide groups is 1. The maximum atomic E-state index is 12.5. The second-order valence-corrected chi connectivity index (χ2v) is 9.18. The molecule has 0 aliphatic heterocycles. The van der Waals surface area contributed by atoms with Crippen LogP contribution in [0.3, 0.4) is 0 Å². The highest BCUT2D eigenvalue weighted by Crippen LogP contribution is 2.55. The summed E-state index contributed by atoms with van der Waals surface area (Å²) in [6, 6.07) is 3.23. The van der Waals surface area contributed by atoms with Gasteiger partial charge in [0.1, 0.15) is 5.75 Å². The fourth-order valence-electron chi connectivity index (χ4n) is 5.69. The summed E-state index contributed by atoms with van der Waals surface area (Å²) in [5.74, 6) is 1.60. The summed E-state index contributed by atoms with van der Waals surface area (Å²) in [6.45, 7) is 1.49. The van der Waals surface area contributed by atoms with Gasteiger partial charge in [-0.3, -0.25) is 20.2 Å². The Balaban J connectivity index is 1.33. The van der Waals surface area contributed by atoms with Crippen LogP contribution in [-0.4, -0.2) is 28.5 Å². The molecular formula is C20H24ClN3O5. The highest BCUT2D eigenvalue weighted by Gasteiger charge is 2.51. The molecule has 0 saturated heterocycles. The first-order chi connectivity index (χ1) is 13.7. The number of rotatable bonds is 5. The van der Waals surface area contributed by atoms with Crippen molar-refractivity contribution in [3.05, 3.63) is 33.3 Å². The number of carbonyl (C=O) groups excluding carboxylic acids is 2. The molecule has 3 amide bonds. The summed E-state index contributed by atoms with van der Waals surface area (Å²) in [7, 11) is 0. The van der Waals surface area contributed by atoms with Gasteiger partial charge in [0.2, 0.25) is 0 Å². The molecule has 4 aliphatic carbocycles. The lowest BCUT2D eigenvalue weighted by atomic mass is 9.53. The van der Waals surface area contributed by atoms with Crippen molar-refractivity contribution in [1.82, 2.24) is 10.6 Å². The number of urea groups is 1. The third-order valence-corrected chi connectivity index (χ3v) is 6.75. The molecule has 0 aromatic heterocycles. The zero-order valence-electron chi connectivity index (χ0n) is 16.2. The zero-order valence-corrected chi connectivity index (χ0v) is 16.9. The van der Waals surface area contributed by atoms with Gasteiger partial charge in [0.05, 0.1) is 9.95 Å². The number of halogens is 1. The molecule has 0 heterocycles. The first kappa shape index (κ1) is 19.9. The van der Waals surface area contributed by atoms with E-state index in [4.69, 9.17) is 16.3 Å². The molecule has 156 valence electrons. The van der Waals surface area contributed by atoms with E-state index in [0.717, 1.165) is 25.3 Å². The van der Waals surface area contributed by atoms with Gasteiger partial charge in [0.15, 0.2) is 6.10 Å². The number of nitrogens with zero attached hydrogens (tertiary/aromatic N) is 1. The van der Waals surface area contributed by atoms with Crippen LogP contribution in [0.25, 0.3) is 0 Å². The number of non-ortho nitro benzene ring substituents is 1. The van der Waals surface area contributed by atoms with Crippen LogP contribution in [0, 0.1) is 27.9 Å². The number of hydrogen-bond acceptors (Lipinski definition) is 5. The van der Waals surface area contributed by atoms with Crippen molar-refractivity contribution >= 4 is 29.2 Å². The van der Waals surface area contributed by atoms with Crippen molar-refractivity contribution in [1.29, 1.82) is 0 Å². The van der Waals surface area contributed by atoms with Gasteiger partial charge in [0, 0.05) is 17.7 Å². The molecule has 8 nitrogen and oxygen atoms in total. The second-order valence-electron chi connectivity index (χ2n) is 8.77. The molecule has 9 heteroatoms. The molecule has 1 aromatic rings. The summed E-state index contributed by atoms with van der Waals surface area (Å²) in [4.78, 5) is 35.1. The number of nitro groups is 1. The van der Waals surface area contributed by atoms with Crippen LogP contribution >= 0.6 is 11.6 Å². The van der Waals surface area contributed by atoms with E-state index in [1.54, 1.807) is 0 Å². The molecule has 1 atom stereocenters. The number of hydrogen-bond donors (Lipinski definition) is 2. The first-order valence-corrected chi connectivity index (χ1v) is 10.3. The Hall–Kier alpha value is -2.35. The summed E-state index contributed by atoms with van der Waals surface area (Å²) >= 11 is 5.99. The van der Waals surface area contributed by atoms with Gasteiger partial charge in [-0.25, -0.2) is 4.79 Å². The van der Waals surface area contributed by atoms with Crippen LogP contribution in [0.2, 0.25) is 5.02 Å². The largest absolute Gasteiger partial charge is 0.479 e. The summed E-state index contributed by atoms with van der Waals surface area (Å²) in [6.07, 6.45) is 5.78. The quantitative estimate of drug-likeness (QED) is 0.554. The molecule has 0 spiro atoms. The number of nitro benzene ring substituents is 1. The van der Waals surface area contributed by atoms with Gasteiger partial charge in [-0.05, 0) is 69.3 Å². The third-order valence-electron chi connectivity index (χ3n) is 6.45. The molecule has 2 N–H and O–H groups in total. The van der Waals surface area contributed by atoms with Gasteiger partial charge >= 0.3 is 6.03 Å². The van der Waals surface area contributed by atoms with Crippen LogP contribution in [0.1, 0.15) is 45.4 Å². The lowest BCUT2D eigenvalue weighted by Gasteiger charge is -2.56. The van der Waals surface area contributed by atoms with E-state index in [1.165, 1.54) is 38.3 Å². The van der Waals surface area contributed by atoms with Crippen molar-refractivity contribution in [2.24, 2.45) is 17.8 Å². The van der Waals surface area contributed by atoms with Crippen LogP contribution in [0.5, 0.6) is 5.75 Å². The molecule has 5 rings (SSSR count). The Kier molecular flexibility index (Phi) is 5.14. The molecule has 4 bridgehead atoms. The van der Waals surface area contributed by atoms with Crippen LogP contribution in [0.15, 0.2) is 18.2 Å². The van der Waals surface area contributed by atoms with E-state index < -0.39 is 23.0 Å². The maximum absolute atomic E-state index is 12.5. The molecule has 1 aromatic carbocycles. The van der Waals surface area contributed by atoms with Crippen LogP contribution < -0.4 is 15.4 Å². The highest BCUT2D eigenvalue weighted by molar-refractivity contribution is 6.32. The summed E-state index contributed by atoms with van der Waals surface area (Å²) in [5.41, 5.74) is -0.361. The van der Waals surface area contributed by atoms with E-state index in [9.17, 15) is 19.7 Å². The monoisotopic (exact) mass is 421 g/mol. The van der Waals surface area contributed by atoms with E-state index in [1.807, 2.05) is 0 Å². The molecule has 29 heavy (non-hydrogen) atoms. The van der Waals surface area contributed by atoms with Crippen molar-refractivity contribution < 1.29 is 19.2 Å². The van der Waals surface area contributed by atoms with Gasteiger partial charge in [0.25, 0.3) is 11.6 Å². The predicted octanol–water partition coefficient (Wildman–Crippen LogP) is 3.81. The van der Waals surface area contributed by atoms with Crippen LogP contribution in [-0.2, 0) is 4.79 Å². The standard InChI is InChI=1S/C20H24ClN3O5/c1-11(29-17-3-2-15(24(27)28)7-16(17)21)18(25)22-19(26)23-20-8-12-4-13(9-20)6-14(5-12)10-20/h2-3,7,11-14H,4-6,8-10H2,1H3,(H2,22,23,25,26). The normalized spacial score (nSPS) is 30.5. The molecule has 1 unspecified atom stereocenters. The van der Waals surface area contributed by atoms with Crippen molar-refractivity contribution in [3.63, 3.8) is 0 Å². The van der Waals surface area contributed by atoms with Gasteiger partial charge in [-0.15, -0.1) is 0 Å². The van der Waals surface area contributed by atoms with E-state index >= 15 is 0 Å². The summed E-state index contributed by atoms with van der Waals surface area (Å²) < 4.78 is 5.49.